The van der Waals surface area contributed by atoms with Crippen molar-refractivity contribution in [3.05, 3.63) is 65.9 Å². The summed E-state index contributed by atoms with van der Waals surface area (Å²) in [5, 5.41) is 9.20. The van der Waals surface area contributed by atoms with Gasteiger partial charge in [-0.1, -0.05) is 41.9 Å². The average Bonchev–Trinajstić information content (AvgIpc) is 2.90. The number of rotatable bonds is 2. The van der Waals surface area contributed by atoms with Gasteiger partial charge in [-0.3, -0.25) is 0 Å². The van der Waals surface area contributed by atoms with E-state index in [-0.39, 0.29) is 0 Å². The zero-order chi connectivity index (χ0) is 12.4. The van der Waals surface area contributed by atoms with Crippen molar-refractivity contribution >= 4 is 11.6 Å². The lowest BCUT2D eigenvalue weighted by atomic mass is 10.3. The van der Waals surface area contributed by atoms with Gasteiger partial charge in [0.15, 0.2) is 5.69 Å². The van der Waals surface area contributed by atoms with E-state index in [2.05, 4.69) is 10.3 Å². The molecular weight excluding hydrogens is 248 g/mol. The lowest BCUT2D eigenvalue weighted by Gasteiger charge is -1.95. The van der Waals surface area contributed by atoms with E-state index in [4.69, 9.17) is 11.6 Å². The second-order valence-electron chi connectivity index (χ2n) is 3.74. The fraction of sp³-hybridized carbons (Fsp3) is 0. The lowest BCUT2D eigenvalue weighted by molar-refractivity contribution is -0.661. The summed E-state index contributed by atoms with van der Waals surface area (Å²) < 4.78 is 1.65. The summed E-state index contributed by atoms with van der Waals surface area (Å²) in [5.41, 5.74) is 1.71. The summed E-state index contributed by atoms with van der Waals surface area (Å²) in [6.07, 6.45) is 1.63. The molecule has 2 aromatic carbocycles. The van der Waals surface area contributed by atoms with Crippen LogP contribution in [0.15, 0.2) is 60.9 Å². The van der Waals surface area contributed by atoms with E-state index >= 15 is 0 Å². The standard InChI is InChI=1S/C13H10ClN4/c14-12-8-4-5-9-13(12)17-10-15-18(16-17)11-6-2-1-3-7-11/h1-10H/q+1. The van der Waals surface area contributed by atoms with Crippen molar-refractivity contribution in [1.29, 1.82) is 0 Å². The molecule has 3 rings (SSSR count). The molecule has 0 N–H and O–H groups in total. The summed E-state index contributed by atoms with van der Waals surface area (Å²) in [6.45, 7) is 0. The predicted octanol–water partition coefficient (Wildman–Crippen LogP) is 2.20. The second-order valence-corrected chi connectivity index (χ2v) is 4.15. The van der Waals surface area contributed by atoms with Crippen LogP contribution in [-0.4, -0.2) is 15.1 Å². The Kier molecular flexibility index (Phi) is 2.78. The Labute approximate surface area is 109 Å². The third-order valence-electron chi connectivity index (χ3n) is 2.54. The highest BCUT2D eigenvalue weighted by Crippen LogP contribution is 2.13. The lowest BCUT2D eigenvalue weighted by Crippen LogP contribution is -2.33. The van der Waals surface area contributed by atoms with Gasteiger partial charge >= 0.3 is 0 Å². The van der Waals surface area contributed by atoms with Crippen LogP contribution in [0.3, 0.4) is 0 Å². The molecule has 0 saturated carbocycles. The Bertz CT molecular complexity index is 664. The maximum Gasteiger partial charge on any atom is 0.292 e. The molecule has 0 aliphatic heterocycles. The van der Waals surface area contributed by atoms with Crippen LogP contribution in [0.25, 0.3) is 11.4 Å². The zero-order valence-electron chi connectivity index (χ0n) is 9.44. The number of aromatic nitrogens is 4. The van der Waals surface area contributed by atoms with E-state index in [9.17, 15) is 0 Å². The number of hydrogen-bond donors (Lipinski definition) is 0. The van der Waals surface area contributed by atoms with E-state index in [0.29, 0.717) is 5.02 Å². The normalized spacial score (nSPS) is 10.5. The number of halogens is 1. The van der Waals surface area contributed by atoms with Gasteiger partial charge in [-0.2, -0.15) is 0 Å². The highest BCUT2D eigenvalue weighted by atomic mass is 35.5. The van der Waals surface area contributed by atoms with Crippen LogP contribution in [-0.2, 0) is 0 Å². The smallest absolute Gasteiger partial charge is 0.102 e. The summed E-state index contributed by atoms with van der Waals surface area (Å²) in [7, 11) is 0. The number of tetrazole rings is 1. The maximum atomic E-state index is 6.12. The molecule has 0 atom stereocenters. The van der Waals surface area contributed by atoms with E-state index < -0.39 is 0 Å². The molecule has 0 fully saturated rings. The van der Waals surface area contributed by atoms with Crippen molar-refractivity contribution in [2.24, 2.45) is 0 Å². The molecule has 0 amide bonds. The molecule has 88 valence electrons. The van der Waals surface area contributed by atoms with Gasteiger partial charge < -0.3 is 0 Å². The predicted molar refractivity (Wildman–Crippen MR) is 67.9 cm³/mol. The first kappa shape index (κ1) is 10.9. The van der Waals surface area contributed by atoms with Gasteiger partial charge in [0, 0.05) is 4.80 Å². The molecule has 1 aromatic heterocycles. The van der Waals surface area contributed by atoms with E-state index in [0.717, 1.165) is 11.4 Å². The first-order valence-corrected chi connectivity index (χ1v) is 5.87. The Hall–Kier alpha value is -2.20. The molecule has 18 heavy (non-hydrogen) atoms. The van der Waals surface area contributed by atoms with Gasteiger partial charge in [-0.05, 0) is 24.3 Å². The molecular formula is C13H10ClN4+. The van der Waals surface area contributed by atoms with Gasteiger partial charge in [-0.25, -0.2) is 0 Å². The highest BCUT2D eigenvalue weighted by Gasteiger charge is 2.13. The van der Waals surface area contributed by atoms with Crippen LogP contribution in [0.4, 0.5) is 0 Å². The monoisotopic (exact) mass is 257 g/mol. The van der Waals surface area contributed by atoms with Crippen molar-refractivity contribution in [1.82, 2.24) is 15.1 Å². The molecule has 0 saturated heterocycles. The third-order valence-corrected chi connectivity index (χ3v) is 2.86. The van der Waals surface area contributed by atoms with Crippen molar-refractivity contribution in [2.75, 3.05) is 0 Å². The first-order chi connectivity index (χ1) is 8.84. The Balaban J connectivity index is 2.03. The van der Waals surface area contributed by atoms with Crippen LogP contribution in [0.5, 0.6) is 0 Å². The molecule has 0 aliphatic carbocycles. The molecule has 0 unspecified atom stereocenters. The molecule has 3 aromatic rings. The van der Waals surface area contributed by atoms with Crippen LogP contribution in [0.1, 0.15) is 0 Å². The molecule has 4 nitrogen and oxygen atoms in total. The summed E-state index contributed by atoms with van der Waals surface area (Å²) in [4.78, 5) is 1.56. The average molecular weight is 258 g/mol. The van der Waals surface area contributed by atoms with Gasteiger partial charge in [0.25, 0.3) is 6.33 Å². The van der Waals surface area contributed by atoms with Crippen molar-refractivity contribution in [2.45, 2.75) is 0 Å². The Morgan fingerprint density at radius 3 is 2.44 bits per heavy atom. The van der Waals surface area contributed by atoms with Crippen LogP contribution < -0.4 is 4.68 Å². The number of hydrogen-bond acceptors (Lipinski definition) is 2. The van der Waals surface area contributed by atoms with Crippen molar-refractivity contribution < 1.29 is 4.68 Å². The topological polar surface area (TPSA) is 34.6 Å². The molecule has 0 spiro atoms. The van der Waals surface area contributed by atoms with Crippen molar-refractivity contribution in [3.63, 3.8) is 0 Å². The molecule has 1 heterocycles. The zero-order valence-corrected chi connectivity index (χ0v) is 10.2. The Morgan fingerprint density at radius 2 is 1.67 bits per heavy atom. The number of benzene rings is 2. The highest BCUT2D eigenvalue weighted by molar-refractivity contribution is 6.32. The molecule has 0 bridgehead atoms. The SMILES string of the molecule is Clc1ccccc1-[n+]1cnn(-c2ccccc2)n1. The van der Waals surface area contributed by atoms with Crippen LogP contribution in [0.2, 0.25) is 5.02 Å². The van der Waals surface area contributed by atoms with Crippen LogP contribution >= 0.6 is 11.6 Å². The minimum Gasteiger partial charge on any atom is -0.102 e. The fourth-order valence-electron chi connectivity index (χ4n) is 1.66. The van der Waals surface area contributed by atoms with Gasteiger partial charge in [0.05, 0.1) is 15.3 Å². The summed E-state index contributed by atoms with van der Waals surface area (Å²) >= 11 is 6.12. The molecule has 5 heteroatoms. The maximum absolute atomic E-state index is 6.12. The van der Waals surface area contributed by atoms with Crippen LogP contribution in [0, 0.1) is 0 Å². The van der Waals surface area contributed by atoms with E-state index in [1.165, 1.54) is 0 Å². The second kappa shape index (κ2) is 4.58. The fourth-order valence-corrected chi connectivity index (χ4v) is 1.89. The first-order valence-electron chi connectivity index (χ1n) is 5.49. The molecule has 0 aliphatic rings. The quantitative estimate of drug-likeness (QED) is 0.660. The third kappa shape index (κ3) is 1.98. The van der Waals surface area contributed by atoms with Gasteiger partial charge in [0.2, 0.25) is 0 Å². The van der Waals surface area contributed by atoms with Crippen molar-refractivity contribution in [3.8, 4) is 11.4 Å². The Morgan fingerprint density at radius 1 is 0.944 bits per heavy atom. The van der Waals surface area contributed by atoms with E-state index in [1.807, 2.05) is 54.6 Å². The minimum absolute atomic E-state index is 0.641. The minimum atomic E-state index is 0.641. The summed E-state index contributed by atoms with van der Waals surface area (Å²) in [5.74, 6) is 0. The largest absolute Gasteiger partial charge is 0.292 e. The van der Waals surface area contributed by atoms with Gasteiger partial charge in [-0.15, -0.1) is 4.68 Å². The van der Waals surface area contributed by atoms with E-state index in [1.54, 1.807) is 15.8 Å². The van der Waals surface area contributed by atoms with Gasteiger partial charge in [0.1, 0.15) is 5.69 Å². The number of nitrogens with zero attached hydrogens (tertiary/aromatic N) is 4. The summed E-state index contributed by atoms with van der Waals surface area (Å²) in [6, 6.07) is 17.2. The number of para-hydroxylation sites is 2. The molecule has 0 radical (unpaired) electrons.